The number of aryl methyl sites for hydroxylation is 2. The van der Waals surface area contributed by atoms with E-state index in [0.29, 0.717) is 39.3 Å². The van der Waals surface area contributed by atoms with Crippen molar-refractivity contribution in [1.82, 2.24) is 29.9 Å². The minimum absolute atomic E-state index is 0.141. The normalized spacial score (nSPS) is 11.7. The van der Waals surface area contributed by atoms with Gasteiger partial charge in [-0.25, -0.2) is 14.5 Å². The molecule has 4 rings (SSSR count). The van der Waals surface area contributed by atoms with Crippen molar-refractivity contribution >= 4 is 34.1 Å². The Hall–Kier alpha value is -3.81. The van der Waals surface area contributed by atoms with E-state index < -0.39 is 17.9 Å². The molecule has 4 heterocycles. The minimum Gasteiger partial charge on any atom is -0.458 e. The number of rotatable bonds is 6. The first-order valence-electron chi connectivity index (χ1n) is 9.90. The molecule has 0 aromatic carbocycles. The number of alkyl halides is 3. The second kappa shape index (κ2) is 8.85. The second-order valence-corrected chi connectivity index (χ2v) is 8.20. The van der Waals surface area contributed by atoms with Gasteiger partial charge in [-0.1, -0.05) is 0 Å². The Bertz CT molecular complexity index is 1390. The minimum atomic E-state index is -4.70. The van der Waals surface area contributed by atoms with E-state index in [0.717, 1.165) is 4.52 Å². The van der Waals surface area contributed by atoms with Crippen molar-refractivity contribution < 1.29 is 27.2 Å². The summed E-state index contributed by atoms with van der Waals surface area (Å²) in [5.74, 6) is -1.05. The van der Waals surface area contributed by atoms with Gasteiger partial charge in [-0.3, -0.25) is 9.59 Å². The molecule has 0 spiro atoms. The maximum Gasteiger partial charge on any atom is 0.453 e. The highest BCUT2D eigenvalue weighted by atomic mass is 32.1. The molecule has 4 aromatic heterocycles. The predicted octanol–water partition coefficient (Wildman–Crippen LogP) is 3.29. The summed E-state index contributed by atoms with van der Waals surface area (Å²) in [7, 11) is 0. The molecule has 0 unspecified atom stereocenters. The van der Waals surface area contributed by atoms with Crippen LogP contribution >= 0.6 is 11.3 Å². The van der Waals surface area contributed by atoms with Gasteiger partial charge in [0.2, 0.25) is 11.8 Å². The Morgan fingerprint density at radius 3 is 2.65 bits per heavy atom. The van der Waals surface area contributed by atoms with Crippen LogP contribution in [0.5, 0.6) is 0 Å². The summed E-state index contributed by atoms with van der Waals surface area (Å²) in [6.07, 6.45) is -4.84. The fraction of sp³-hybridized carbons (Fsp3) is 0.300. The summed E-state index contributed by atoms with van der Waals surface area (Å²) in [5.41, 5.74) is 1.66. The number of halogens is 3. The number of nitrogens with one attached hydrogen (secondary N) is 2. The first kappa shape index (κ1) is 23.4. The zero-order valence-electron chi connectivity index (χ0n) is 18.1. The number of hydrogen-bond acceptors (Lipinski definition) is 8. The fourth-order valence-corrected chi connectivity index (χ4v) is 3.89. The Morgan fingerprint density at radius 1 is 1.18 bits per heavy atom. The molecule has 0 saturated heterocycles. The van der Waals surface area contributed by atoms with Crippen molar-refractivity contribution in [3.63, 3.8) is 0 Å². The summed E-state index contributed by atoms with van der Waals surface area (Å²) < 4.78 is 45.5. The number of amides is 2. The van der Waals surface area contributed by atoms with E-state index in [1.807, 2.05) is 0 Å². The van der Waals surface area contributed by atoms with Crippen LogP contribution in [0.25, 0.3) is 17.2 Å². The van der Waals surface area contributed by atoms with Gasteiger partial charge in [-0.2, -0.15) is 18.2 Å². The summed E-state index contributed by atoms with van der Waals surface area (Å²) in [5, 5.41) is 10.8. The van der Waals surface area contributed by atoms with Crippen LogP contribution in [0, 0.1) is 13.8 Å². The quantitative estimate of drug-likeness (QED) is 0.422. The van der Waals surface area contributed by atoms with E-state index in [4.69, 9.17) is 4.42 Å². The van der Waals surface area contributed by atoms with Crippen LogP contribution in [0.3, 0.4) is 0 Å². The van der Waals surface area contributed by atoms with Crippen molar-refractivity contribution in [3.05, 3.63) is 46.0 Å². The van der Waals surface area contributed by atoms with Gasteiger partial charge in [0.1, 0.15) is 11.5 Å². The Kier molecular flexibility index (Phi) is 6.08. The maximum atomic E-state index is 12.9. The molecule has 0 aliphatic carbocycles. The maximum absolute atomic E-state index is 12.9. The van der Waals surface area contributed by atoms with Crippen LogP contribution in [-0.4, -0.2) is 36.4 Å². The molecule has 0 radical (unpaired) electrons. The molecule has 0 bridgehead atoms. The van der Waals surface area contributed by atoms with Gasteiger partial charge in [0.15, 0.2) is 10.9 Å². The third-order valence-electron chi connectivity index (χ3n) is 4.82. The lowest BCUT2D eigenvalue weighted by molar-refractivity contribution is -0.144. The van der Waals surface area contributed by atoms with Gasteiger partial charge < -0.3 is 15.1 Å². The van der Waals surface area contributed by atoms with Crippen LogP contribution in [0.15, 0.2) is 21.9 Å². The monoisotopic (exact) mass is 493 g/mol. The smallest absolute Gasteiger partial charge is 0.453 e. The number of aromatic nitrogens is 5. The fourth-order valence-electron chi connectivity index (χ4n) is 3.17. The standard InChI is InChI=1S/C20H18F3N7O3S/c1-9-13(10(2)30-18(25-9)28-17(29-30)20(21,22)23)6-16(32)27-19-26-14(8-34-19)15-5-4-12(33-15)7-24-11(3)31/h4-5,8H,6-7H2,1-3H3,(H,24,31)(H,26,27,32). The van der Waals surface area contributed by atoms with E-state index in [1.54, 1.807) is 31.4 Å². The molecule has 0 atom stereocenters. The molecule has 2 amide bonds. The van der Waals surface area contributed by atoms with Gasteiger partial charge in [-0.15, -0.1) is 16.4 Å². The van der Waals surface area contributed by atoms with Crippen molar-refractivity contribution in [2.24, 2.45) is 0 Å². The number of nitrogens with zero attached hydrogens (tertiary/aromatic N) is 5. The lowest BCUT2D eigenvalue weighted by Gasteiger charge is -2.09. The van der Waals surface area contributed by atoms with E-state index >= 15 is 0 Å². The van der Waals surface area contributed by atoms with E-state index in [2.05, 4.69) is 30.7 Å². The largest absolute Gasteiger partial charge is 0.458 e. The third-order valence-corrected chi connectivity index (χ3v) is 5.57. The molecule has 0 fully saturated rings. The van der Waals surface area contributed by atoms with Crippen molar-refractivity contribution in [2.45, 2.75) is 39.9 Å². The average Bonchev–Trinajstić information content (AvgIpc) is 3.48. The van der Waals surface area contributed by atoms with E-state index in [1.165, 1.54) is 18.3 Å². The molecule has 2 N–H and O–H groups in total. The number of anilines is 1. The summed E-state index contributed by atoms with van der Waals surface area (Å²) in [6, 6.07) is 3.42. The highest BCUT2D eigenvalue weighted by Crippen LogP contribution is 2.28. The molecule has 0 saturated carbocycles. The molecule has 0 aliphatic rings. The first-order valence-corrected chi connectivity index (χ1v) is 10.8. The highest BCUT2D eigenvalue weighted by Gasteiger charge is 2.37. The van der Waals surface area contributed by atoms with Gasteiger partial charge in [-0.05, 0) is 26.0 Å². The number of fused-ring (bicyclic) bond motifs is 1. The summed E-state index contributed by atoms with van der Waals surface area (Å²) in [6.45, 7) is 4.79. The van der Waals surface area contributed by atoms with Crippen LogP contribution in [0.4, 0.5) is 18.3 Å². The molecule has 14 heteroatoms. The molecule has 0 aliphatic heterocycles. The number of carbonyl (C=O) groups excluding carboxylic acids is 2. The predicted molar refractivity (Wildman–Crippen MR) is 115 cm³/mol. The van der Waals surface area contributed by atoms with E-state index in [9.17, 15) is 22.8 Å². The topological polar surface area (TPSA) is 127 Å². The van der Waals surface area contributed by atoms with Gasteiger partial charge in [0, 0.05) is 29.3 Å². The lowest BCUT2D eigenvalue weighted by Crippen LogP contribution is -2.18. The highest BCUT2D eigenvalue weighted by molar-refractivity contribution is 7.14. The van der Waals surface area contributed by atoms with Crippen LogP contribution < -0.4 is 10.6 Å². The Labute approximate surface area is 194 Å². The lowest BCUT2D eigenvalue weighted by atomic mass is 10.1. The molecule has 34 heavy (non-hydrogen) atoms. The Morgan fingerprint density at radius 2 is 1.94 bits per heavy atom. The van der Waals surface area contributed by atoms with Gasteiger partial charge >= 0.3 is 6.18 Å². The van der Waals surface area contributed by atoms with Crippen LogP contribution in [0.1, 0.15) is 35.5 Å². The molecule has 10 nitrogen and oxygen atoms in total. The van der Waals surface area contributed by atoms with Crippen LogP contribution in [-0.2, 0) is 28.7 Å². The van der Waals surface area contributed by atoms with E-state index in [-0.39, 0.29) is 24.7 Å². The van der Waals surface area contributed by atoms with Gasteiger partial charge in [0.05, 0.1) is 13.0 Å². The molecular formula is C20H18F3N7O3S. The summed E-state index contributed by atoms with van der Waals surface area (Å²) >= 11 is 1.19. The molecule has 4 aromatic rings. The van der Waals surface area contributed by atoms with Crippen molar-refractivity contribution in [1.29, 1.82) is 0 Å². The number of carbonyl (C=O) groups is 2. The number of thiazole rings is 1. The zero-order chi connectivity index (χ0) is 24.6. The first-order chi connectivity index (χ1) is 16.0. The zero-order valence-corrected chi connectivity index (χ0v) is 19.0. The van der Waals surface area contributed by atoms with Crippen molar-refractivity contribution in [3.8, 4) is 11.5 Å². The molecule has 178 valence electrons. The average molecular weight is 493 g/mol. The Balaban J connectivity index is 1.47. The number of hydrogen-bond donors (Lipinski definition) is 2. The number of furan rings is 1. The SMILES string of the molecule is CC(=O)NCc1ccc(-c2csc(NC(=O)Cc3c(C)nc4nc(C(F)(F)F)nn4c3C)n2)o1. The van der Waals surface area contributed by atoms with Gasteiger partial charge in [0.25, 0.3) is 11.6 Å². The van der Waals surface area contributed by atoms with Crippen molar-refractivity contribution in [2.75, 3.05) is 5.32 Å². The second-order valence-electron chi connectivity index (χ2n) is 7.34. The molecular weight excluding hydrogens is 475 g/mol. The summed E-state index contributed by atoms with van der Waals surface area (Å²) in [4.78, 5) is 35.5. The van der Waals surface area contributed by atoms with Crippen LogP contribution in [0.2, 0.25) is 0 Å². The third kappa shape index (κ3) is 4.90.